The molecular weight excluding hydrogens is 235 g/mol. The van der Waals surface area contributed by atoms with E-state index in [0.29, 0.717) is 13.0 Å². The summed E-state index contributed by atoms with van der Waals surface area (Å²) in [4.78, 5) is 11.6. The van der Waals surface area contributed by atoms with E-state index in [9.17, 15) is 9.18 Å². The second-order valence-corrected chi connectivity index (χ2v) is 4.59. The highest BCUT2D eigenvalue weighted by molar-refractivity contribution is 5.74. The first-order valence-corrected chi connectivity index (χ1v) is 5.88. The number of hydrogen-bond acceptors (Lipinski definition) is 2. The average Bonchev–Trinajstić information content (AvgIpc) is 2.29. The highest BCUT2D eigenvalue weighted by Crippen LogP contribution is 2.19. The largest absolute Gasteiger partial charge is 0.396 e. The van der Waals surface area contributed by atoms with Crippen LogP contribution >= 0.6 is 0 Å². The van der Waals surface area contributed by atoms with Gasteiger partial charge in [-0.1, -0.05) is 12.1 Å². The van der Waals surface area contributed by atoms with Gasteiger partial charge in [0.05, 0.1) is 5.54 Å². The van der Waals surface area contributed by atoms with E-state index < -0.39 is 5.54 Å². The number of aliphatic hydroxyl groups excluding tert-OH is 1. The number of amides is 2. The van der Waals surface area contributed by atoms with Gasteiger partial charge in [-0.05, 0) is 38.0 Å². The molecule has 0 saturated carbocycles. The highest BCUT2D eigenvalue weighted by atomic mass is 19.1. The smallest absolute Gasteiger partial charge is 0.315 e. The molecule has 0 saturated heterocycles. The number of urea groups is 1. The molecule has 2 amide bonds. The Morgan fingerprint density at radius 2 is 1.94 bits per heavy atom. The van der Waals surface area contributed by atoms with Gasteiger partial charge in [0.2, 0.25) is 0 Å². The van der Waals surface area contributed by atoms with Crippen molar-refractivity contribution in [3.8, 4) is 0 Å². The number of halogens is 1. The molecule has 4 nitrogen and oxygen atoms in total. The first-order valence-electron chi connectivity index (χ1n) is 5.88. The Morgan fingerprint density at radius 1 is 1.33 bits per heavy atom. The van der Waals surface area contributed by atoms with Gasteiger partial charge in [-0.15, -0.1) is 0 Å². The molecule has 0 fully saturated rings. The minimum absolute atomic E-state index is 0.0433. The molecule has 3 N–H and O–H groups in total. The van der Waals surface area contributed by atoms with E-state index in [0.717, 1.165) is 5.56 Å². The van der Waals surface area contributed by atoms with E-state index in [1.54, 1.807) is 12.1 Å². The van der Waals surface area contributed by atoms with Crippen molar-refractivity contribution in [3.05, 3.63) is 35.6 Å². The van der Waals surface area contributed by atoms with Crippen molar-refractivity contribution in [2.45, 2.75) is 25.8 Å². The Kier molecular flexibility index (Phi) is 5.09. The van der Waals surface area contributed by atoms with Gasteiger partial charge in [-0.3, -0.25) is 0 Å². The van der Waals surface area contributed by atoms with Gasteiger partial charge in [0, 0.05) is 13.2 Å². The van der Waals surface area contributed by atoms with Crippen LogP contribution in [0.1, 0.15) is 25.8 Å². The number of hydrogen-bond donors (Lipinski definition) is 3. The molecule has 0 unspecified atom stereocenters. The Morgan fingerprint density at radius 3 is 2.50 bits per heavy atom. The SMILES string of the molecule is CC(C)(NC(=O)NCCCO)c1ccc(F)cc1. The maximum atomic E-state index is 12.8. The Hall–Kier alpha value is -1.62. The number of rotatable bonds is 5. The lowest BCUT2D eigenvalue weighted by molar-refractivity contribution is 0.227. The van der Waals surface area contributed by atoms with E-state index in [1.807, 2.05) is 13.8 Å². The van der Waals surface area contributed by atoms with Crippen LogP contribution in [0.25, 0.3) is 0 Å². The summed E-state index contributed by atoms with van der Waals surface area (Å²) >= 11 is 0. The minimum Gasteiger partial charge on any atom is -0.396 e. The Labute approximate surface area is 106 Å². The van der Waals surface area contributed by atoms with Crippen LogP contribution in [-0.2, 0) is 5.54 Å². The van der Waals surface area contributed by atoms with E-state index in [2.05, 4.69) is 10.6 Å². The third-order valence-corrected chi connectivity index (χ3v) is 2.61. The summed E-state index contributed by atoms with van der Waals surface area (Å²) in [6.07, 6.45) is 0.518. The van der Waals surface area contributed by atoms with Crippen molar-refractivity contribution in [2.75, 3.05) is 13.2 Å². The standard InChI is InChI=1S/C13H19FN2O2/c1-13(2,10-4-6-11(14)7-5-10)16-12(18)15-8-3-9-17/h4-7,17H,3,8-9H2,1-2H3,(H2,15,16,18). The van der Waals surface area contributed by atoms with Gasteiger partial charge in [0.15, 0.2) is 0 Å². The normalized spacial score (nSPS) is 11.1. The third kappa shape index (κ3) is 4.33. The van der Waals surface area contributed by atoms with Crippen LogP contribution in [0.3, 0.4) is 0 Å². The first-order chi connectivity index (χ1) is 8.45. The van der Waals surface area contributed by atoms with Crippen LogP contribution in [0.5, 0.6) is 0 Å². The summed E-state index contributed by atoms with van der Waals surface area (Å²) in [5.41, 5.74) is 0.234. The van der Waals surface area contributed by atoms with Crippen LogP contribution in [0.2, 0.25) is 0 Å². The van der Waals surface area contributed by atoms with Crippen molar-refractivity contribution >= 4 is 6.03 Å². The van der Waals surface area contributed by atoms with E-state index in [1.165, 1.54) is 12.1 Å². The maximum absolute atomic E-state index is 12.8. The number of benzene rings is 1. The number of carbonyl (C=O) groups is 1. The molecule has 1 aromatic carbocycles. The van der Waals surface area contributed by atoms with Crippen molar-refractivity contribution < 1.29 is 14.3 Å². The Bertz CT molecular complexity index is 390. The zero-order valence-electron chi connectivity index (χ0n) is 10.7. The van der Waals surface area contributed by atoms with Gasteiger partial charge in [0.1, 0.15) is 5.82 Å². The second kappa shape index (κ2) is 6.35. The molecule has 0 aromatic heterocycles. The quantitative estimate of drug-likeness (QED) is 0.701. The van der Waals surface area contributed by atoms with Gasteiger partial charge >= 0.3 is 6.03 Å². The molecule has 0 heterocycles. The predicted octanol–water partition coefficient (Wildman–Crippen LogP) is 1.74. The maximum Gasteiger partial charge on any atom is 0.315 e. The highest BCUT2D eigenvalue weighted by Gasteiger charge is 2.22. The topological polar surface area (TPSA) is 61.4 Å². The van der Waals surface area contributed by atoms with Crippen LogP contribution in [0, 0.1) is 5.82 Å². The summed E-state index contributed by atoms with van der Waals surface area (Å²) in [7, 11) is 0. The van der Waals surface area contributed by atoms with E-state index in [4.69, 9.17) is 5.11 Å². The summed E-state index contributed by atoms with van der Waals surface area (Å²) < 4.78 is 12.8. The summed E-state index contributed by atoms with van der Waals surface area (Å²) in [6, 6.07) is 5.70. The lowest BCUT2D eigenvalue weighted by Crippen LogP contribution is -2.46. The molecule has 0 aliphatic heterocycles. The fourth-order valence-electron chi connectivity index (χ4n) is 1.55. The average molecular weight is 254 g/mol. The number of nitrogens with one attached hydrogen (secondary N) is 2. The van der Waals surface area contributed by atoms with Crippen molar-refractivity contribution in [3.63, 3.8) is 0 Å². The van der Waals surface area contributed by atoms with Crippen LogP contribution < -0.4 is 10.6 Å². The monoisotopic (exact) mass is 254 g/mol. The summed E-state index contributed by atoms with van der Waals surface area (Å²) in [5.74, 6) is -0.304. The lowest BCUT2D eigenvalue weighted by Gasteiger charge is -2.27. The molecule has 0 atom stereocenters. The fraction of sp³-hybridized carbons (Fsp3) is 0.462. The number of carbonyl (C=O) groups excluding carboxylic acids is 1. The predicted molar refractivity (Wildman–Crippen MR) is 67.7 cm³/mol. The third-order valence-electron chi connectivity index (χ3n) is 2.61. The van der Waals surface area contributed by atoms with Gasteiger partial charge < -0.3 is 15.7 Å². The Balaban J connectivity index is 2.58. The van der Waals surface area contributed by atoms with Crippen LogP contribution in [0.4, 0.5) is 9.18 Å². The van der Waals surface area contributed by atoms with Gasteiger partial charge in [-0.2, -0.15) is 0 Å². The summed E-state index contributed by atoms with van der Waals surface area (Å²) in [5, 5.41) is 14.0. The van der Waals surface area contributed by atoms with Crippen molar-refractivity contribution in [1.29, 1.82) is 0 Å². The molecule has 0 bridgehead atoms. The molecule has 5 heteroatoms. The molecule has 100 valence electrons. The second-order valence-electron chi connectivity index (χ2n) is 4.59. The first kappa shape index (κ1) is 14.4. The van der Waals surface area contributed by atoms with E-state index in [-0.39, 0.29) is 18.5 Å². The van der Waals surface area contributed by atoms with Crippen molar-refractivity contribution in [2.24, 2.45) is 0 Å². The van der Waals surface area contributed by atoms with Gasteiger partial charge in [-0.25, -0.2) is 9.18 Å². The van der Waals surface area contributed by atoms with Crippen LogP contribution in [0.15, 0.2) is 24.3 Å². The zero-order valence-corrected chi connectivity index (χ0v) is 10.7. The van der Waals surface area contributed by atoms with Gasteiger partial charge in [0.25, 0.3) is 0 Å². The molecule has 0 aliphatic rings. The van der Waals surface area contributed by atoms with Crippen molar-refractivity contribution in [1.82, 2.24) is 10.6 Å². The molecule has 0 spiro atoms. The van der Waals surface area contributed by atoms with Crippen LogP contribution in [-0.4, -0.2) is 24.3 Å². The molecule has 1 aromatic rings. The number of aliphatic hydroxyl groups is 1. The van der Waals surface area contributed by atoms with E-state index >= 15 is 0 Å². The molecule has 0 aliphatic carbocycles. The lowest BCUT2D eigenvalue weighted by atomic mass is 9.94. The summed E-state index contributed by atoms with van der Waals surface area (Å²) in [6.45, 7) is 4.14. The minimum atomic E-state index is -0.586. The zero-order chi connectivity index (χ0) is 13.6. The molecule has 1 rings (SSSR count). The molecule has 0 radical (unpaired) electrons. The molecule has 18 heavy (non-hydrogen) atoms. The molecular formula is C13H19FN2O2. The fourth-order valence-corrected chi connectivity index (χ4v) is 1.55.